The van der Waals surface area contributed by atoms with Gasteiger partial charge in [0.2, 0.25) is 0 Å². The zero-order valence-corrected chi connectivity index (χ0v) is 27.4. The molecular formula is C35H44O6Ti. The van der Waals surface area contributed by atoms with Crippen molar-refractivity contribution in [3.8, 4) is 0 Å². The van der Waals surface area contributed by atoms with E-state index in [2.05, 4.69) is 20.8 Å². The van der Waals surface area contributed by atoms with Crippen LogP contribution in [0.15, 0.2) is 60.7 Å². The van der Waals surface area contributed by atoms with E-state index in [1.54, 1.807) is 55.5 Å². The predicted octanol–water partition coefficient (Wildman–Crippen LogP) is 5.18. The fraction of sp³-hybridized carbons (Fsp3) is 0.486. The number of ketones is 4. The van der Waals surface area contributed by atoms with Crippen LogP contribution in [0, 0.1) is 29.1 Å². The molecule has 0 heterocycles. The Morgan fingerprint density at radius 1 is 0.643 bits per heavy atom. The van der Waals surface area contributed by atoms with Gasteiger partial charge in [-0.15, -0.1) is 60.4 Å². The van der Waals surface area contributed by atoms with E-state index in [0.717, 1.165) is 32.1 Å². The number of rotatable bonds is 6. The molecule has 0 N–H and O–H groups in total. The largest absolute Gasteiger partial charge is 4.00 e. The van der Waals surface area contributed by atoms with Gasteiger partial charge >= 0.3 is 21.7 Å². The van der Waals surface area contributed by atoms with E-state index < -0.39 is 5.60 Å². The van der Waals surface area contributed by atoms with Gasteiger partial charge in [-0.1, -0.05) is 83.4 Å². The van der Waals surface area contributed by atoms with Crippen molar-refractivity contribution in [3.63, 3.8) is 0 Å². The topological polar surface area (TPSA) is 114 Å². The molecule has 4 fully saturated rings. The van der Waals surface area contributed by atoms with Crippen LogP contribution >= 0.6 is 0 Å². The van der Waals surface area contributed by atoms with Gasteiger partial charge < -0.3 is 29.4 Å². The fourth-order valence-corrected chi connectivity index (χ4v) is 7.92. The molecule has 4 aliphatic carbocycles. The molecule has 0 saturated heterocycles. The average Bonchev–Trinajstić information content (AvgIpc) is 2.82. The van der Waals surface area contributed by atoms with Crippen molar-refractivity contribution in [2.75, 3.05) is 6.61 Å². The molecule has 224 valence electrons. The van der Waals surface area contributed by atoms with Gasteiger partial charge in [-0.05, 0) is 49.4 Å². The quantitative estimate of drug-likeness (QED) is 0.193. The molecule has 2 aromatic rings. The van der Waals surface area contributed by atoms with Crippen LogP contribution in [0.1, 0.15) is 101 Å². The fourth-order valence-electron chi connectivity index (χ4n) is 7.92. The molecule has 4 bridgehead atoms. The van der Waals surface area contributed by atoms with Crippen LogP contribution in [-0.2, 0) is 31.3 Å². The van der Waals surface area contributed by atoms with Crippen molar-refractivity contribution in [1.29, 1.82) is 0 Å². The first-order chi connectivity index (χ1) is 19.1. The third-order valence-electron chi connectivity index (χ3n) is 7.59. The van der Waals surface area contributed by atoms with Crippen molar-refractivity contribution in [1.82, 2.24) is 0 Å². The summed E-state index contributed by atoms with van der Waals surface area (Å²) in [5.74, 6) is -0.904. The van der Waals surface area contributed by atoms with E-state index in [1.165, 1.54) is 33.1 Å². The minimum absolute atomic E-state index is 0. The Hall–Kier alpha value is -2.51. The molecule has 0 unspecified atom stereocenters. The summed E-state index contributed by atoms with van der Waals surface area (Å²) in [4.78, 5) is 43.5. The average molecular weight is 609 g/mol. The molecule has 2 aromatic carbocycles. The van der Waals surface area contributed by atoms with Gasteiger partial charge in [0.15, 0.2) is 0 Å². The predicted molar refractivity (Wildman–Crippen MR) is 157 cm³/mol. The molecule has 7 heteroatoms. The Bertz CT molecular complexity index is 1030. The molecule has 6 nitrogen and oxygen atoms in total. The molecule has 6 rings (SSSR count). The Kier molecular flexibility index (Phi) is 14.1. The van der Waals surface area contributed by atoms with E-state index in [1.807, 2.05) is 12.1 Å². The maximum Gasteiger partial charge on any atom is 4.00 e. The first kappa shape index (κ1) is 37.5. The maximum atomic E-state index is 12.6. The van der Waals surface area contributed by atoms with Crippen molar-refractivity contribution in [3.05, 3.63) is 84.6 Å². The molecule has 0 aliphatic heterocycles. The normalized spacial score (nSPS) is 27.6. The minimum atomic E-state index is -0.562. The Labute approximate surface area is 266 Å². The Balaban J connectivity index is 0.000000299. The summed E-state index contributed by atoms with van der Waals surface area (Å²) >= 11 is 0. The van der Waals surface area contributed by atoms with Gasteiger partial charge in [0.25, 0.3) is 0 Å². The molecule has 0 aromatic heterocycles. The number of carbonyl (C=O) groups is 4. The SMILES string of the molecule is CC(=O)[CH-]C(=O)c1ccccc1.CC(=O)[CH-]C(=O)c1ccccc1.CC12CC3(C)CC(C)(C1)CC([O-])(C2)C3.CC[O-].[Ti+4]. The standard InChI is InChI=1S/C13H21O.2C10H9O2.C2H5O.Ti/c1-10-4-11(2)6-12(3,5-10)9-13(14,7-10)8-11;2*1-8(11)7-10(12)9-5-3-2-4-6-9;1-2-3;/h4-9H2,1-3H3;2*2-7H,1H3;2H2,1H3;/q4*-1;+4. The zero-order chi connectivity index (χ0) is 30.9. The molecule has 4 aliphatic rings. The Morgan fingerprint density at radius 3 is 1.12 bits per heavy atom. The monoisotopic (exact) mass is 608 g/mol. The summed E-state index contributed by atoms with van der Waals surface area (Å²) in [5, 5.41) is 21.5. The third kappa shape index (κ3) is 11.6. The summed E-state index contributed by atoms with van der Waals surface area (Å²) in [6, 6.07) is 17.4. The smallest absolute Gasteiger partial charge is 0.855 e. The zero-order valence-electron chi connectivity index (χ0n) is 25.8. The van der Waals surface area contributed by atoms with E-state index in [4.69, 9.17) is 5.11 Å². The van der Waals surface area contributed by atoms with Crippen LogP contribution < -0.4 is 10.2 Å². The van der Waals surface area contributed by atoms with Gasteiger partial charge in [-0.25, -0.2) is 0 Å². The summed E-state index contributed by atoms with van der Waals surface area (Å²) < 4.78 is 0. The van der Waals surface area contributed by atoms with E-state index in [-0.39, 0.29) is 51.5 Å². The van der Waals surface area contributed by atoms with Crippen molar-refractivity contribution < 1.29 is 51.1 Å². The first-order valence-corrected chi connectivity index (χ1v) is 14.2. The molecule has 0 amide bonds. The van der Waals surface area contributed by atoms with Crippen LogP contribution in [0.4, 0.5) is 0 Å². The second kappa shape index (κ2) is 15.8. The van der Waals surface area contributed by atoms with E-state index in [0.29, 0.717) is 27.4 Å². The minimum Gasteiger partial charge on any atom is -0.855 e. The molecule has 42 heavy (non-hydrogen) atoms. The van der Waals surface area contributed by atoms with Crippen LogP contribution in [0.25, 0.3) is 0 Å². The van der Waals surface area contributed by atoms with E-state index in [9.17, 15) is 24.3 Å². The van der Waals surface area contributed by atoms with E-state index >= 15 is 0 Å². The van der Waals surface area contributed by atoms with Gasteiger partial charge in [-0.2, -0.15) is 0 Å². The van der Waals surface area contributed by atoms with Crippen molar-refractivity contribution >= 4 is 23.1 Å². The van der Waals surface area contributed by atoms with Gasteiger partial charge in [0.05, 0.1) is 11.6 Å². The van der Waals surface area contributed by atoms with Crippen molar-refractivity contribution in [2.24, 2.45) is 16.2 Å². The van der Waals surface area contributed by atoms with Gasteiger partial charge in [0, 0.05) is 11.6 Å². The number of benzene rings is 2. The van der Waals surface area contributed by atoms with Gasteiger partial charge in [0.1, 0.15) is 0 Å². The number of Topliss-reactive ketones (excluding diaryl/α,β-unsaturated/α-hetero) is 4. The molecule has 4 saturated carbocycles. The molecule has 0 radical (unpaired) electrons. The number of hydrogen-bond donors (Lipinski definition) is 0. The van der Waals surface area contributed by atoms with Crippen LogP contribution in [-0.4, -0.2) is 35.3 Å². The second-order valence-electron chi connectivity index (χ2n) is 12.9. The summed E-state index contributed by atoms with van der Waals surface area (Å²) in [6.07, 6.45) is 8.95. The third-order valence-corrected chi connectivity index (χ3v) is 7.59. The number of hydrogen-bond acceptors (Lipinski definition) is 6. The molecule has 0 atom stereocenters. The van der Waals surface area contributed by atoms with Crippen molar-refractivity contribution in [2.45, 2.75) is 85.7 Å². The van der Waals surface area contributed by atoms with Gasteiger partial charge in [-0.3, -0.25) is 0 Å². The molecular weight excluding hydrogens is 564 g/mol. The Morgan fingerprint density at radius 2 is 0.905 bits per heavy atom. The van der Waals surface area contributed by atoms with Crippen LogP contribution in [0.5, 0.6) is 0 Å². The van der Waals surface area contributed by atoms with Crippen LogP contribution in [0.3, 0.4) is 0 Å². The first-order valence-electron chi connectivity index (χ1n) is 14.2. The maximum absolute atomic E-state index is 12.6. The summed E-state index contributed by atoms with van der Waals surface area (Å²) in [7, 11) is 0. The van der Waals surface area contributed by atoms with Crippen LogP contribution in [0.2, 0.25) is 0 Å². The molecule has 0 spiro atoms. The summed E-state index contributed by atoms with van der Waals surface area (Å²) in [6.45, 7) is 11.4. The number of carbonyl (C=O) groups excluding carboxylic acids is 4. The summed E-state index contributed by atoms with van der Waals surface area (Å²) in [5.41, 5.74) is 1.66. The second-order valence-corrected chi connectivity index (χ2v) is 12.9.